The molecule has 0 spiro atoms. The third-order valence-electron chi connectivity index (χ3n) is 3.78. The first-order valence-corrected chi connectivity index (χ1v) is 7.85. The van der Waals surface area contributed by atoms with E-state index in [4.69, 9.17) is 9.57 Å². The average Bonchev–Trinajstić information content (AvgIpc) is 2.57. The maximum atomic E-state index is 11.7. The first-order chi connectivity index (χ1) is 11.5. The van der Waals surface area contributed by atoms with Crippen molar-refractivity contribution in [1.82, 2.24) is 5.32 Å². The molecule has 0 fully saturated rings. The Balaban J connectivity index is 2.23. The summed E-state index contributed by atoms with van der Waals surface area (Å²) in [5.41, 5.74) is 7.73. The predicted molar refractivity (Wildman–Crippen MR) is 95.1 cm³/mol. The number of anilines is 1. The first kappa shape index (κ1) is 17.8. The molecule has 0 aliphatic carbocycles. The molecule has 0 aliphatic heterocycles. The van der Waals surface area contributed by atoms with E-state index in [-0.39, 0.29) is 5.91 Å². The summed E-state index contributed by atoms with van der Waals surface area (Å²) in [6.07, 6.45) is 0.315. The molecule has 2 N–H and O–H groups in total. The Morgan fingerprint density at radius 1 is 1.08 bits per heavy atom. The van der Waals surface area contributed by atoms with Crippen LogP contribution in [0.2, 0.25) is 0 Å². The predicted octanol–water partition coefficient (Wildman–Crippen LogP) is 3.14. The van der Waals surface area contributed by atoms with E-state index in [0.29, 0.717) is 13.0 Å². The van der Waals surface area contributed by atoms with Crippen LogP contribution in [0, 0.1) is 13.8 Å². The summed E-state index contributed by atoms with van der Waals surface area (Å²) in [6, 6.07) is 11.8. The molecule has 5 heteroatoms. The normalized spacial score (nSPS) is 10.3. The minimum Gasteiger partial charge on any atom is -0.489 e. The van der Waals surface area contributed by atoms with E-state index in [1.807, 2.05) is 44.2 Å². The van der Waals surface area contributed by atoms with Crippen LogP contribution < -0.4 is 15.5 Å². The Bertz CT molecular complexity index is 714. The number of carbonyl (C=O) groups excluding carboxylic acids is 1. The molecule has 0 unspecified atom stereocenters. The van der Waals surface area contributed by atoms with Crippen LogP contribution in [0.4, 0.5) is 5.69 Å². The standard InChI is InChI=1S/C19H24N2O3/c1-13-5-6-14(2)18(9-13)24-12-16-10-17(21-23-4)8-7-15(16)11-19(22)20-3/h5-10,21H,11-12H2,1-4H3,(H,20,22). The molecule has 24 heavy (non-hydrogen) atoms. The molecular formula is C19H24N2O3. The Morgan fingerprint density at radius 3 is 2.58 bits per heavy atom. The SMILES string of the molecule is CNC(=O)Cc1ccc(NOC)cc1COc1cc(C)ccc1C. The molecule has 0 saturated carbocycles. The van der Waals surface area contributed by atoms with Gasteiger partial charge in [-0.1, -0.05) is 18.2 Å². The lowest BCUT2D eigenvalue weighted by Crippen LogP contribution is -2.21. The van der Waals surface area contributed by atoms with Crippen molar-refractivity contribution in [1.29, 1.82) is 0 Å². The van der Waals surface area contributed by atoms with Gasteiger partial charge in [0.15, 0.2) is 0 Å². The van der Waals surface area contributed by atoms with Crippen molar-refractivity contribution >= 4 is 11.6 Å². The summed E-state index contributed by atoms with van der Waals surface area (Å²) in [6.45, 7) is 4.44. The first-order valence-electron chi connectivity index (χ1n) is 7.85. The number of nitrogens with one attached hydrogen (secondary N) is 2. The fourth-order valence-corrected chi connectivity index (χ4v) is 2.39. The van der Waals surface area contributed by atoms with Gasteiger partial charge in [-0.3, -0.25) is 15.1 Å². The topological polar surface area (TPSA) is 59.6 Å². The molecule has 128 valence electrons. The van der Waals surface area contributed by atoms with Gasteiger partial charge in [0.2, 0.25) is 5.91 Å². The van der Waals surface area contributed by atoms with Gasteiger partial charge in [0.05, 0.1) is 19.2 Å². The van der Waals surface area contributed by atoms with Crippen molar-refractivity contribution in [2.75, 3.05) is 19.6 Å². The third kappa shape index (κ3) is 4.73. The molecule has 0 radical (unpaired) electrons. The number of likely N-dealkylation sites (N-methyl/N-ethyl adjacent to an activating group) is 1. The number of benzene rings is 2. The van der Waals surface area contributed by atoms with Gasteiger partial charge in [-0.15, -0.1) is 0 Å². The van der Waals surface area contributed by atoms with Gasteiger partial charge >= 0.3 is 0 Å². The highest BCUT2D eigenvalue weighted by atomic mass is 16.6. The van der Waals surface area contributed by atoms with Crippen LogP contribution in [0.25, 0.3) is 0 Å². The van der Waals surface area contributed by atoms with E-state index >= 15 is 0 Å². The second kappa shape index (κ2) is 8.36. The molecule has 0 heterocycles. The maximum Gasteiger partial charge on any atom is 0.224 e. The van der Waals surface area contributed by atoms with E-state index in [1.165, 1.54) is 0 Å². The number of rotatable bonds is 7. The van der Waals surface area contributed by atoms with Crippen LogP contribution in [0.3, 0.4) is 0 Å². The van der Waals surface area contributed by atoms with Gasteiger partial charge in [0.1, 0.15) is 12.4 Å². The fraction of sp³-hybridized carbons (Fsp3) is 0.316. The quantitative estimate of drug-likeness (QED) is 0.767. The summed E-state index contributed by atoms with van der Waals surface area (Å²) >= 11 is 0. The molecule has 2 rings (SSSR count). The highest BCUT2D eigenvalue weighted by Crippen LogP contribution is 2.23. The van der Waals surface area contributed by atoms with E-state index in [2.05, 4.69) is 16.9 Å². The average molecular weight is 328 g/mol. The second-order valence-corrected chi connectivity index (χ2v) is 5.70. The summed E-state index contributed by atoms with van der Waals surface area (Å²) in [7, 11) is 3.19. The van der Waals surface area contributed by atoms with E-state index in [9.17, 15) is 4.79 Å². The minimum absolute atomic E-state index is 0.0320. The smallest absolute Gasteiger partial charge is 0.224 e. The second-order valence-electron chi connectivity index (χ2n) is 5.70. The Hall–Kier alpha value is -2.53. The molecule has 2 aromatic carbocycles. The van der Waals surface area contributed by atoms with E-state index in [1.54, 1.807) is 14.2 Å². The Morgan fingerprint density at radius 2 is 1.88 bits per heavy atom. The largest absolute Gasteiger partial charge is 0.489 e. The molecule has 0 saturated heterocycles. The van der Waals surface area contributed by atoms with Crippen molar-refractivity contribution in [3.05, 3.63) is 58.7 Å². The Kier molecular flexibility index (Phi) is 6.21. The van der Waals surface area contributed by atoms with Crippen molar-refractivity contribution in [2.45, 2.75) is 26.9 Å². The summed E-state index contributed by atoms with van der Waals surface area (Å²) in [5.74, 6) is 0.821. The molecule has 1 amide bonds. The summed E-state index contributed by atoms with van der Waals surface area (Å²) in [5, 5.41) is 2.65. The highest BCUT2D eigenvalue weighted by Gasteiger charge is 2.10. The van der Waals surface area contributed by atoms with E-state index < -0.39 is 0 Å². The number of carbonyl (C=O) groups is 1. The van der Waals surface area contributed by atoms with Gasteiger partial charge in [-0.2, -0.15) is 0 Å². The van der Waals surface area contributed by atoms with Crippen LogP contribution >= 0.6 is 0 Å². The lowest BCUT2D eigenvalue weighted by Gasteiger charge is -2.14. The number of hydrogen-bond acceptors (Lipinski definition) is 4. The van der Waals surface area contributed by atoms with Crippen molar-refractivity contribution in [3.8, 4) is 5.75 Å². The van der Waals surface area contributed by atoms with E-state index in [0.717, 1.165) is 33.7 Å². The fourth-order valence-electron chi connectivity index (χ4n) is 2.39. The van der Waals surface area contributed by atoms with Crippen LogP contribution in [0.15, 0.2) is 36.4 Å². The van der Waals surface area contributed by atoms with Crippen LogP contribution in [-0.2, 0) is 22.7 Å². The zero-order valence-electron chi connectivity index (χ0n) is 14.6. The van der Waals surface area contributed by atoms with Gasteiger partial charge < -0.3 is 10.1 Å². The number of amides is 1. The maximum absolute atomic E-state index is 11.7. The number of ether oxygens (including phenoxy) is 1. The monoisotopic (exact) mass is 328 g/mol. The molecule has 0 bridgehead atoms. The number of aryl methyl sites for hydroxylation is 2. The summed E-state index contributed by atoms with van der Waals surface area (Å²) < 4.78 is 5.99. The molecule has 5 nitrogen and oxygen atoms in total. The molecular weight excluding hydrogens is 304 g/mol. The van der Waals surface area contributed by atoms with Crippen molar-refractivity contribution in [3.63, 3.8) is 0 Å². The van der Waals surface area contributed by atoms with Gasteiger partial charge in [-0.25, -0.2) is 0 Å². The van der Waals surface area contributed by atoms with Gasteiger partial charge in [0.25, 0.3) is 0 Å². The molecule has 0 atom stereocenters. The van der Waals surface area contributed by atoms with Crippen LogP contribution in [0.5, 0.6) is 5.75 Å². The lowest BCUT2D eigenvalue weighted by atomic mass is 10.0. The van der Waals surface area contributed by atoms with Crippen molar-refractivity contribution < 1.29 is 14.4 Å². The Labute approximate surface area is 142 Å². The summed E-state index contributed by atoms with van der Waals surface area (Å²) in [4.78, 5) is 16.7. The lowest BCUT2D eigenvalue weighted by molar-refractivity contribution is -0.119. The van der Waals surface area contributed by atoms with Gasteiger partial charge in [0, 0.05) is 7.05 Å². The van der Waals surface area contributed by atoms with Gasteiger partial charge in [-0.05, 0) is 54.3 Å². The molecule has 2 aromatic rings. The molecule has 0 aromatic heterocycles. The third-order valence-corrected chi connectivity index (χ3v) is 3.78. The van der Waals surface area contributed by atoms with Crippen molar-refractivity contribution in [2.24, 2.45) is 0 Å². The number of hydrogen-bond donors (Lipinski definition) is 2. The van der Waals surface area contributed by atoms with Crippen LogP contribution in [-0.4, -0.2) is 20.1 Å². The zero-order chi connectivity index (χ0) is 17.5. The zero-order valence-corrected chi connectivity index (χ0v) is 14.6. The molecule has 0 aliphatic rings. The minimum atomic E-state index is -0.0320. The van der Waals surface area contributed by atoms with Crippen LogP contribution in [0.1, 0.15) is 22.3 Å². The highest BCUT2D eigenvalue weighted by molar-refractivity contribution is 5.78.